The van der Waals surface area contributed by atoms with E-state index in [1.807, 2.05) is 6.92 Å². The van der Waals surface area contributed by atoms with Crippen molar-refractivity contribution in [3.8, 4) is 5.75 Å². The van der Waals surface area contributed by atoms with Crippen LogP contribution in [0, 0.1) is 0 Å². The maximum atomic E-state index is 12.3. The fourth-order valence-electron chi connectivity index (χ4n) is 2.02. The Bertz CT molecular complexity index is 676. The highest BCUT2D eigenvalue weighted by Crippen LogP contribution is 2.23. The number of amides is 1. The minimum Gasteiger partial charge on any atom is -0.497 e. The number of carbonyl (C=O) groups excluding carboxylic acids is 1. The number of aryl methyl sites for hydroxylation is 1. The molecule has 1 aromatic carbocycles. The summed E-state index contributed by atoms with van der Waals surface area (Å²) in [5.41, 5.74) is 0.686. The molecule has 0 bridgehead atoms. The lowest BCUT2D eigenvalue weighted by atomic mass is 10.1. The van der Waals surface area contributed by atoms with Crippen molar-refractivity contribution in [1.82, 2.24) is 4.57 Å². The van der Waals surface area contributed by atoms with Gasteiger partial charge in [-0.25, -0.2) is 4.79 Å². The minimum absolute atomic E-state index is 0.0127. The quantitative estimate of drug-likeness (QED) is 0.885. The number of ether oxygens (including phenoxy) is 1. The number of hydrogen-bond donors (Lipinski definition) is 2. The van der Waals surface area contributed by atoms with Gasteiger partial charge in [-0.1, -0.05) is 0 Å². The number of nitrogens with zero attached hydrogens (tertiary/aromatic N) is 1. The van der Waals surface area contributed by atoms with E-state index in [2.05, 4.69) is 5.32 Å². The molecule has 0 saturated carbocycles. The maximum Gasteiger partial charge on any atom is 0.337 e. The van der Waals surface area contributed by atoms with Crippen LogP contribution in [-0.4, -0.2) is 28.7 Å². The van der Waals surface area contributed by atoms with Crippen LogP contribution >= 0.6 is 0 Å². The number of hydrogen-bond acceptors (Lipinski definition) is 3. The van der Waals surface area contributed by atoms with Crippen LogP contribution in [0.25, 0.3) is 0 Å². The highest BCUT2D eigenvalue weighted by molar-refractivity contribution is 6.07. The molecule has 110 valence electrons. The summed E-state index contributed by atoms with van der Waals surface area (Å²) in [5, 5.41) is 11.8. The number of anilines is 1. The highest BCUT2D eigenvalue weighted by atomic mass is 16.5. The first-order valence-electron chi connectivity index (χ1n) is 6.44. The second-order valence-corrected chi connectivity index (χ2v) is 4.35. The summed E-state index contributed by atoms with van der Waals surface area (Å²) in [6.07, 6.45) is 1.79. The molecule has 0 aliphatic heterocycles. The van der Waals surface area contributed by atoms with E-state index in [0.29, 0.717) is 18.0 Å². The lowest BCUT2D eigenvalue weighted by molar-refractivity contribution is 0.0698. The Morgan fingerprint density at radius 2 is 2.10 bits per heavy atom. The fraction of sp³-hybridized carbons (Fsp3) is 0.200. The van der Waals surface area contributed by atoms with Crippen molar-refractivity contribution in [2.24, 2.45) is 0 Å². The molecule has 6 heteroatoms. The molecule has 1 amide bonds. The lowest BCUT2D eigenvalue weighted by Gasteiger charge is -2.11. The van der Waals surface area contributed by atoms with E-state index in [1.165, 1.54) is 25.3 Å². The van der Waals surface area contributed by atoms with Crippen LogP contribution in [0.15, 0.2) is 36.5 Å². The van der Waals surface area contributed by atoms with Crippen molar-refractivity contribution in [2.75, 3.05) is 12.4 Å². The zero-order valence-electron chi connectivity index (χ0n) is 11.8. The normalized spacial score (nSPS) is 10.2. The Morgan fingerprint density at radius 3 is 2.71 bits per heavy atom. The van der Waals surface area contributed by atoms with E-state index in [1.54, 1.807) is 22.9 Å². The summed E-state index contributed by atoms with van der Waals surface area (Å²) < 4.78 is 6.83. The van der Waals surface area contributed by atoms with Gasteiger partial charge in [0, 0.05) is 18.8 Å². The molecule has 2 rings (SSSR count). The van der Waals surface area contributed by atoms with Gasteiger partial charge in [-0.15, -0.1) is 0 Å². The predicted molar refractivity (Wildman–Crippen MR) is 78.0 cm³/mol. The highest BCUT2D eigenvalue weighted by Gasteiger charge is 2.16. The standard InChI is InChI=1S/C15H16N2O4/c1-3-17-8-4-5-13(17)14(18)16-12-9-10(21-2)6-7-11(12)15(19)20/h4-9H,3H2,1-2H3,(H,16,18)(H,19,20). The number of nitrogens with one attached hydrogen (secondary N) is 1. The molecule has 0 spiro atoms. The van der Waals surface area contributed by atoms with Gasteiger partial charge in [-0.05, 0) is 31.2 Å². The van der Waals surface area contributed by atoms with Gasteiger partial charge in [-0.2, -0.15) is 0 Å². The van der Waals surface area contributed by atoms with Crippen LogP contribution in [0.3, 0.4) is 0 Å². The van der Waals surface area contributed by atoms with Crippen LogP contribution in [0.5, 0.6) is 5.75 Å². The summed E-state index contributed by atoms with van der Waals surface area (Å²) >= 11 is 0. The summed E-state index contributed by atoms with van der Waals surface area (Å²) in [7, 11) is 1.48. The summed E-state index contributed by atoms with van der Waals surface area (Å²) in [6.45, 7) is 2.57. The molecule has 0 aliphatic carbocycles. The molecule has 2 aromatic rings. The van der Waals surface area contributed by atoms with Crippen molar-refractivity contribution in [2.45, 2.75) is 13.5 Å². The van der Waals surface area contributed by atoms with Gasteiger partial charge in [-0.3, -0.25) is 4.79 Å². The predicted octanol–water partition coefficient (Wildman–Crippen LogP) is 2.47. The average Bonchev–Trinajstić information content (AvgIpc) is 2.95. The van der Waals surface area contributed by atoms with Crippen molar-refractivity contribution in [3.05, 3.63) is 47.8 Å². The number of carboxylic acid groups (broad SMARTS) is 1. The molecule has 0 atom stereocenters. The van der Waals surface area contributed by atoms with Crippen molar-refractivity contribution in [1.29, 1.82) is 0 Å². The number of methoxy groups -OCH3 is 1. The SMILES string of the molecule is CCn1cccc1C(=O)Nc1cc(OC)ccc1C(=O)O. The van der Waals surface area contributed by atoms with Crippen LogP contribution < -0.4 is 10.1 Å². The Balaban J connectivity index is 2.34. The van der Waals surface area contributed by atoms with Crippen LogP contribution in [0.1, 0.15) is 27.8 Å². The van der Waals surface area contributed by atoms with Gasteiger partial charge < -0.3 is 19.7 Å². The second kappa shape index (κ2) is 6.13. The molecule has 1 heterocycles. The van der Waals surface area contributed by atoms with Gasteiger partial charge in [0.05, 0.1) is 18.4 Å². The van der Waals surface area contributed by atoms with E-state index >= 15 is 0 Å². The molecule has 2 N–H and O–H groups in total. The summed E-state index contributed by atoms with van der Waals surface area (Å²) in [6, 6.07) is 7.87. The summed E-state index contributed by atoms with van der Waals surface area (Å²) in [4.78, 5) is 23.5. The third-order valence-corrected chi connectivity index (χ3v) is 3.11. The minimum atomic E-state index is -1.11. The molecule has 6 nitrogen and oxygen atoms in total. The Kier molecular flexibility index (Phi) is 4.27. The van der Waals surface area contributed by atoms with Gasteiger partial charge in [0.25, 0.3) is 5.91 Å². The Labute approximate surface area is 122 Å². The Morgan fingerprint density at radius 1 is 1.33 bits per heavy atom. The monoisotopic (exact) mass is 288 g/mol. The van der Waals surface area contributed by atoms with Crippen molar-refractivity contribution in [3.63, 3.8) is 0 Å². The largest absolute Gasteiger partial charge is 0.497 e. The van der Waals surface area contributed by atoms with E-state index in [0.717, 1.165) is 0 Å². The first-order chi connectivity index (χ1) is 10.1. The van der Waals surface area contributed by atoms with Crippen molar-refractivity contribution >= 4 is 17.6 Å². The van der Waals surface area contributed by atoms with Gasteiger partial charge in [0.2, 0.25) is 0 Å². The first kappa shape index (κ1) is 14.6. The molecular weight excluding hydrogens is 272 g/mol. The fourth-order valence-corrected chi connectivity index (χ4v) is 2.02. The van der Waals surface area contributed by atoms with Crippen molar-refractivity contribution < 1.29 is 19.4 Å². The van der Waals surface area contributed by atoms with Crippen LogP contribution in [0.4, 0.5) is 5.69 Å². The van der Waals surface area contributed by atoms with E-state index in [9.17, 15) is 14.7 Å². The van der Waals surface area contributed by atoms with Gasteiger partial charge >= 0.3 is 5.97 Å². The van der Waals surface area contributed by atoms with E-state index < -0.39 is 5.97 Å². The molecule has 0 saturated heterocycles. The molecule has 21 heavy (non-hydrogen) atoms. The smallest absolute Gasteiger partial charge is 0.337 e. The van der Waals surface area contributed by atoms with Crippen LogP contribution in [-0.2, 0) is 6.54 Å². The lowest BCUT2D eigenvalue weighted by Crippen LogP contribution is -2.18. The zero-order valence-corrected chi connectivity index (χ0v) is 11.8. The average molecular weight is 288 g/mol. The molecule has 1 aromatic heterocycles. The molecular formula is C15H16N2O4. The van der Waals surface area contributed by atoms with E-state index in [-0.39, 0.29) is 17.2 Å². The number of aromatic nitrogens is 1. The number of aromatic carboxylic acids is 1. The Hall–Kier alpha value is -2.76. The third-order valence-electron chi connectivity index (χ3n) is 3.11. The molecule has 0 radical (unpaired) electrons. The summed E-state index contributed by atoms with van der Waals surface area (Å²) in [5.74, 6) is -1.00. The van der Waals surface area contributed by atoms with Gasteiger partial charge in [0.15, 0.2) is 0 Å². The zero-order chi connectivity index (χ0) is 15.4. The first-order valence-corrected chi connectivity index (χ1v) is 6.44. The molecule has 0 unspecified atom stereocenters. The van der Waals surface area contributed by atoms with E-state index in [4.69, 9.17) is 4.74 Å². The van der Waals surface area contributed by atoms with Crippen LogP contribution in [0.2, 0.25) is 0 Å². The topological polar surface area (TPSA) is 80.6 Å². The second-order valence-electron chi connectivity index (χ2n) is 4.35. The molecule has 0 fully saturated rings. The number of carbonyl (C=O) groups is 2. The number of benzene rings is 1. The maximum absolute atomic E-state index is 12.3. The molecule has 0 aliphatic rings. The number of carboxylic acids is 1. The van der Waals surface area contributed by atoms with Gasteiger partial charge in [0.1, 0.15) is 11.4 Å². The number of rotatable bonds is 5. The third kappa shape index (κ3) is 3.05.